The second kappa shape index (κ2) is 2.85. The summed E-state index contributed by atoms with van der Waals surface area (Å²) in [7, 11) is 0. The number of nitrogen functional groups attached to an aromatic ring is 1. The van der Waals surface area contributed by atoms with E-state index in [1.807, 2.05) is 13.8 Å². The molecule has 0 bridgehead atoms. The molecule has 0 atom stereocenters. The first-order valence-corrected chi connectivity index (χ1v) is 3.63. The molecule has 3 heteroatoms. The van der Waals surface area contributed by atoms with E-state index in [0.717, 1.165) is 11.1 Å². The number of aryl methyl sites for hydroxylation is 1. The van der Waals surface area contributed by atoms with Crippen LogP contribution in [0.3, 0.4) is 0 Å². The molecule has 3 N–H and O–H groups in total. The lowest BCUT2D eigenvalue weighted by Crippen LogP contribution is -1.93. The largest absolute Gasteiger partial charge is 0.506 e. The van der Waals surface area contributed by atoms with Crippen LogP contribution >= 0.6 is 0 Å². The van der Waals surface area contributed by atoms with Gasteiger partial charge in [0, 0.05) is 11.3 Å². The Labute approximate surface area is 71.6 Å². The number of anilines is 1. The number of nitrogens with zero attached hydrogens (tertiary/aromatic N) is 1. The minimum Gasteiger partial charge on any atom is -0.506 e. The Morgan fingerprint density at radius 2 is 2.08 bits per heavy atom. The third-order valence-electron chi connectivity index (χ3n) is 1.94. The van der Waals surface area contributed by atoms with Crippen LogP contribution in [-0.2, 0) is 0 Å². The average molecular weight is 164 g/mol. The van der Waals surface area contributed by atoms with E-state index in [-0.39, 0.29) is 5.75 Å². The summed E-state index contributed by atoms with van der Waals surface area (Å²) in [6.45, 7) is 7.01. The highest BCUT2D eigenvalue weighted by Gasteiger charge is 2.08. The Kier molecular flexibility index (Phi) is 2.04. The maximum absolute atomic E-state index is 9.41. The van der Waals surface area contributed by atoms with Crippen LogP contribution in [0.5, 0.6) is 5.75 Å². The van der Waals surface area contributed by atoms with Gasteiger partial charge in [0.15, 0.2) is 0 Å². The van der Waals surface area contributed by atoms with Crippen molar-refractivity contribution in [1.82, 2.24) is 0 Å². The molecular weight excluding hydrogens is 152 g/mol. The molecule has 0 saturated heterocycles. The Morgan fingerprint density at radius 3 is 2.58 bits per heavy atom. The van der Waals surface area contributed by atoms with E-state index in [9.17, 15) is 5.11 Å². The van der Waals surface area contributed by atoms with Gasteiger partial charge >= 0.3 is 0 Å². The van der Waals surface area contributed by atoms with Gasteiger partial charge in [0.25, 0.3) is 0 Å². The van der Waals surface area contributed by atoms with Crippen LogP contribution in [-0.4, -0.2) is 11.8 Å². The topological polar surface area (TPSA) is 58.6 Å². The van der Waals surface area contributed by atoms with Crippen molar-refractivity contribution in [2.45, 2.75) is 13.8 Å². The number of phenols is 1. The van der Waals surface area contributed by atoms with Gasteiger partial charge in [-0.1, -0.05) is 0 Å². The highest BCUT2D eigenvalue weighted by atomic mass is 16.3. The van der Waals surface area contributed by atoms with Gasteiger partial charge in [-0.3, -0.25) is 4.99 Å². The van der Waals surface area contributed by atoms with Gasteiger partial charge < -0.3 is 10.8 Å². The molecule has 0 aliphatic rings. The summed E-state index contributed by atoms with van der Waals surface area (Å²) in [6, 6.07) is 1.59. The van der Waals surface area contributed by atoms with Crippen molar-refractivity contribution in [2.75, 3.05) is 5.73 Å². The van der Waals surface area contributed by atoms with Crippen molar-refractivity contribution in [2.24, 2.45) is 4.99 Å². The summed E-state index contributed by atoms with van der Waals surface area (Å²) in [4.78, 5) is 3.69. The Bertz CT molecular complexity index is 332. The van der Waals surface area contributed by atoms with E-state index >= 15 is 0 Å². The van der Waals surface area contributed by atoms with Crippen molar-refractivity contribution >= 4 is 18.1 Å². The fourth-order valence-corrected chi connectivity index (χ4v) is 1.17. The minimum atomic E-state index is 0.134. The normalized spacial score (nSPS) is 9.83. The number of nitrogens with two attached hydrogens (primary N) is 1. The van der Waals surface area contributed by atoms with Crippen LogP contribution in [0.25, 0.3) is 0 Å². The van der Waals surface area contributed by atoms with Crippen LogP contribution in [0.1, 0.15) is 11.1 Å². The molecule has 0 saturated carbocycles. The molecule has 1 aromatic carbocycles. The molecule has 0 aliphatic heterocycles. The second-order valence-electron chi connectivity index (χ2n) is 2.76. The van der Waals surface area contributed by atoms with Crippen LogP contribution in [0.15, 0.2) is 11.1 Å². The van der Waals surface area contributed by atoms with Crippen molar-refractivity contribution in [3.05, 3.63) is 17.2 Å². The van der Waals surface area contributed by atoms with Gasteiger partial charge in [-0.25, -0.2) is 0 Å². The van der Waals surface area contributed by atoms with E-state index in [2.05, 4.69) is 11.7 Å². The number of hydrogen-bond acceptors (Lipinski definition) is 3. The van der Waals surface area contributed by atoms with Gasteiger partial charge in [-0.15, -0.1) is 0 Å². The molecule has 0 fully saturated rings. The van der Waals surface area contributed by atoms with E-state index in [0.29, 0.717) is 11.4 Å². The second-order valence-corrected chi connectivity index (χ2v) is 2.76. The number of aliphatic imine (C=N–C) groups is 1. The first-order valence-electron chi connectivity index (χ1n) is 3.63. The number of hydrogen-bond donors (Lipinski definition) is 2. The molecule has 3 nitrogen and oxygen atoms in total. The predicted octanol–water partition coefficient (Wildman–Crippen LogP) is 1.92. The smallest absolute Gasteiger partial charge is 0.141 e. The van der Waals surface area contributed by atoms with Crippen molar-refractivity contribution < 1.29 is 5.11 Å². The minimum absolute atomic E-state index is 0.134. The zero-order valence-corrected chi connectivity index (χ0v) is 7.26. The van der Waals surface area contributed by atoms with E-state index in [1.165, 1.54) is 0 Å². The predicted molar refractivity (Wildman–Crippen MR) is 51.2 cm³/mol. The first kappa shape index (κ1) is 8.59. The number of phenolic OH excluding ortho intramolecular Hbond substituents is 1. The summed E-state index contributed by atoms with van der Waals surface area (Å²) in [5, 5.41) is 9.41. The molecule has 64 valence electrons. The summed E-state index contributed by atoms with van der Waals surface area (Å²) >= 11 is 0. The first-order chi connectivity index (χ1) is 5.57. The summed E-state index contributed by atoms with van der Waals surface area (Å²) in [6.07, 6.45) is 0. The van der Waals surface area contributed by atoms with Gasteiger partial charge in [-0.2, -0.15) is 0 Å². The molecule has 0 aromatic heterocycles. The lowest BCUT2D eigenvalue weighted by atomic mass is 10.1. The molecule has 12 heavy (non-hydrogen) atoms. The van der Waals surface area contributed by atoms with E-state index in [4.69, 9.17) is 5.73 Å². The lowest BCUT2D eigenvalue weighted by molar-refractivity contribution is 0.476. The monoisotopic (exact) mass is 164 g/mol. The SMILES string of the molecule is C=Nc1c(O)cc(C)c(N)c1C. The summed E-state index contributed by atoms with van der Waals surface area (Å²) < 4.78 is 0. The summed E-state index contributed by atoms with van der Waals surface area (Å²) in [5.41, 5.74) is 8.50. The van der Waals surface area contributed by atoms with E-state index in [1.54, 1.807) is 6.07 Å². The van der Waals surface area contributed by atoms with E-state index < -0.39 is 0 Å². The third kappa shape index (κ3) is 1.13. The molecule has 0 unspecified atom stereocenters. The average Bonchev–Trinajstić information content (AvgIpc) is 2.01. The van der Waals surface area contributed by atoms with Gasteiger partial charge in [0.1, 0.15) is 11.4 Å². The molecular formula is C9H12N2O. The fraction of sp³-hybridized carbons (Fsp3) is 0.222. The lowest BCUT2D eigenvalue weighted by Gasteiger charge is -2.08. The summed E-state index contributed by atoms with van der Waals surface area (Å²) in [5.74, 6) is 0.134. The Balaban J connectivity index is 3.51. The molecule has 0 aliphatic carbocycles. The number of aromatic hydroxyl groups is 1. The van der Waals surface area contributed by atoms with Crippen molar-refractivity contribution in [3.8, 4) is 5.75 Å². The third-order valence-corrected chi connectivity index (χ3v) is 1.94. The molecule has 0 radical (unpaired) electrons. The quantitative estimate of drug-likeness (QED) is 0.378. The highest BCUT2D eigenvalue weighted by molar-refractivity contribution is 5.71. The van der Waals surface area contributed by atoms with Crippen LogP contribution in [0.4, 0.5) is 11.4 Å². The fourth-order valence-electron chi connectivity index (χ4n) is 1.17. The Hall–Kier alpha value is -1.51. The zero-order valence-electron chi connectivity index (χ0n) is 7.26. The van der Waals surface area contributed by atoms with Crippen LogP contribution in [0.2, 0.25) is 0 Å². The van der Waals surface area contributed by atoms with Crippen molar-refractivity contribution in [3.63, 3.8) is 0 Å². The Morgan fingerprint density at radius 1 is 1.50 bits per heavy atom. The van der Waals surface area contributed by atoms with Crippen LogP contribution in [0, 0.1) is 13.8 Å². The molecule has 0 heterocycles. The zero-order chi connectivity index (χ0) is 9.30. The maximum Gasteiger partial charge on any atom is 0.141 e. The molecule has 1 rings (SSSR count). The van der Waals surface area contributed by atoms with Gasteiger partial charge in [0.2, 0.25) is 0 Å². The van der Waals surface area contributed by atoms with Crippen LogP contribution < -0.4 is 5.73 Å². The van der Waals surface area contributed by atoms with Crippen molar-refractivity contribution in [1.29, 1.82) is 0 Å². The highest BCUT2D eigenvalue weighted by Crippen LogP contribution is 2.35. The molecule has 0 amide bonds. The number of benzene rings is 1. The molecule has 1 aromatic rings. The van der Waals surface area contributed by atoms with Gasteiger partial charge in [-0.05, 0) is 32.2 Å². The molecule has 0 spiro atoms. The van der Waals surface area contributed by atoms with Gasteiger partial charge in [0.05, 0.1) is 0 Å². The maximum atomic E-state index is 9.41. The number of rotatable bonds is 1. The standard InChI is InChI=1S/C9H12N2O/c1-5-4-7(12)9(11-3)6(2)8(5)10/h4,12H,3,10H2,1-2H3.